The Balaban J connectivity index is 3.67. The van der Waals surface area contributed by atoms with Crippen molar-refractivity contribution in [3.05, 3.63) is 0 Å². The van der Waals surface area contributed by atoms with Gasteiger partial charge in [0.2, 0.25) is 5.91 Å². The third-order valence-corrected chi connectivity index (χ3v) is 2.22. The average molecular weight is 224 g/mol. The molecule has 13 heavy (non-hydrogen) atoms. The minimum Gasteiger partial charge on any atom is -0.393 e. The first kappa shape index (κ1) is 12.3. The zero-order valence-electron chi connectivity index (χ0n) is 7.24. The van der Waals surface area contributed by atoms with E-state index in [1.165, 1.54) is 0 Å². The molecule has 0 rings (SSSR count). The number of carbonyl (C=O) groups is 1. The molecule has 1 amide bonds. The maximum absolute atomic E-state index is 10.9. The van der Waals surface area contributed by atoms with E-state index in [0.717, 1.165) is 6.26 Å². The molecule has 0 radical (unpaired) electrons. The summed E-state index contributed by atoms with van der Waals surface area (Å²) in [5.74, 6) is -0.424. The molecule has 0 bridgehead atoms. The summed E-state index contributed by atoms with van der Waals surface area (Å²) in [5, 5.41) is 2.38. The van der Waals surface area contributed by atoms with Gasteiger partial charge >= 0.3 is 0 Å². The molecule has 0 saturated carbocycles. The Morgan fingerprint density at radius 1 is 1.54 bits per heavy atom. The molecule has 7 heteroatoms. The Morgan fingerprint density at radius 3 is 2.46 bits per heavy atom. The summed E-state index contributed by atoms with van der Waals surface area (Å²) in [7, 11) is -3.03. The van der Waals surface area contributed by atoms with Crippen molar-refractivity contribution in [1.82, 2.24) is 5.32 Å². The monoisotopic (exact) mass is 224 g/mol. The van der Waals surface area contributed by atoms with Crippen LogP contribution in [0.2, 0.25) is 0 Å². The van der Waals surface area contributed by atoms with Crippen molar-refractivity contribution in [2.24, 2.45) is 5.73 Å². The number of thiocarbonyl (C=S) groups is 1. The lowest BCUT2D eigenvalue weighted by Crippen LogP contribution is -2.31. The van der Waals surface area contributed by atoms with Gasteiger partial charge < -0.3 is 11.1 Å². The van der Waals surface area contributed by atoms with Crippen LogP contribution in [0, 0.1) is 0 Å². The van der Waals surface area contributed by atoms with Crippen LogP contribution in [0.5, 0.6) is 0 Å². The molecule has 0 aromatic heterocycles. The van der Waals surface area contributed by atoms with E-state index in [9.17, 15) is 13.2 Å². The van der Waals surface area contributed by atoms with E-state index in [0.29, 0.717) is 0 Å². The van der Waals surface area contributed by atoms with E-state index in [1.54, 1.807) is 0 Å². The first-order chi connectivity index (χ1) is 5.81. The van der Waals surface area contributed by atoms with Gasteiger partial charge in [-0.2, -0.15) is 0 Å². The van der Waals surface area contributed by atoms with Crippen molar-refractivity contribution in [3.63, 3.8) is 0 Å². The molecular formula is C6H12N2O3S2. The molecule has 0 saturated heterocycles. The van der Waals surface area contributed by atoms with Crippen LogP contribution >= 0.6 is 12.2 Å². The van der Waals surface area contributed by atoms with Crippen molar-refractivity contribution in [3.8, 4) is 0 Å². The minimum atomic E-state index is -3.03. The van der Waals surface area contributed by atoms with Gasteiger partial charge in [0.05, 0.1) is 17.2 Å². The summed E-state index contributed by atoms with van der Waals surface area (Å²) in [4.78, 5) is 11.0. The van der Waals surface area contributed by atoms with Crippen molar-refractivity contribution in [1.29, 1.82) is 0 Å². The van der Waals surface area contributed by atoms with Crippen LogP contribution in [0.25, 0.3) is 0 Å². The average Bonchev–Trinajstić information content (AvgIpc) is 1.81. The second-order valence-corrected chi connectivity index (χ2v) is 5.41. The van der Waals surface area contributed by atoms with Gasteiger partial charge in [-0.05, 0) is 0 Å². The van der Waals surface area contributed by atoms with Gasteiger partial charge in [0.1, 0.15) is 9.84 Å². The van der Waals surface area contributed by atoms with Crippen molar-refractivity contribution >= 4 is 33.0 Å². The van der Waals surface area contributed by atoms with E-state index < -0.39 is 9.84 Å². The van der Waals surface area contributed by atoms with Gasteiger partial charge in [-0.3, -0.25) is 4.79 Å². The maximum Gasteiger partial charge on any atom is 0.226 e. The second-order valence-electron chi connectivity index (χ2n) is 2.62. The normalized spacial score (nSPS) is 10.8. The lowest BCUT2D eigenvalue weighted by atomic mass is 10.4. The van der Waals surface area contributed by atoms with E-state index in [-0.39, 0.29) is 29.6 Å². The molecule has 0 aliphatic rings. The number of carbonyl (C=O) groups excluding carboxylic acids is 1. The van der Waals surface area contributed by atoms with Gasteiger partial charge in [0.15, 0.2) is 0 Å². The summed E-state index contributed by atoms with van der Waals surface area (Å²) in [5.41, 5.74) is 5.10. The number of nitrogens with one attached hydrogen (secondary N) is 1. The smallest absolute Gasteiger partial charge is 0.226 e. The van der Waals surface area contributed by atoms with Gasteiger partial charge in [-0.15, -0.1) is 0 Å². The van der Waals surface area contributed by atoms with Gasteiger partial charge in [0, 0.05) is 12.8 Å². The third-order valence-electron chi connectivity index (χ3n) is 1.13. The standard InChI is InChI=1S/C6H12N2O3S2/c1-13(10,11)3-2-8-6(9)4-5(7)12/h2-4H2,1H3,(H2,7,12)(H,8,9). The highest BCUT2D eigenvalue weighted by atomic mass is 32.2. The highest BCUT2D eigenvalue weighted by molar-refractivity contribution is 7.90. The van der Waals surface area contributed by atoms with E-state index in [4.69, 9.17) is 5.73 Å². The molecule has 3 N–H and O–H groups in total. The number of sulfone groups is 1. The predicted octanol–water partition coefficient (Wildman–Crippen LogP) is -1.18. The molecule has 0 aliphatic heterocycles. The number of rotatable bonds is 5. The Hall–Kier alpha value is -0.690. The fourth-order valence-electron chi connectivity index (χ4n) is 0.597. The molecule has 0 spiro atoms. The van der Waals surface area contributed by atoms with Gasteiger partial charge in [-0.25, -0.2) is 8.42 Å². The first-order valence-electron chi connectivity index (χ1n) is 3.54. The van der Waals surface area contributed by atoms with Crippen LogP contribution in [-0.4, -0.2) is 37.9 Å². The van der Waals surface area contributed by atoms with Crippen LogP contribution in [0.3, 0.4) is 0 Å². The molecule has 0 aliphatic carbocycles. The summed E-state index contributed by atoms with van der Waals surface area (Å²) >= 11 is 4.49. The fraction of sp³-hybridized carbons (Fsp3) is 0.667. The quantitative estimate of drug-likeness (QED) is 0.574. The highest BCUT2D eigenvalue weighted by Crippen LogP contribution is 1.82. The van der Waals surface area contributed by atoms with Crippen LogP contribution in [0.4, 0.5) is 0 Å². The van der Waals surface area contributed by atoms with E-state index in [2.05, 4.69) is 17.5 Å². The molecule has 5 nitrogen and oxygen atoms in total. The second kappa shape index (κ2) is 5.13. The van der Waals surface area contributed by atoms with Crippen molar-refractivity contribution < 1.29 is 13.2 Å². The third kappa shape index (κ3) is 9.22. The number of hydrogen-bond donors (Lipinski definition) is 2. The van der Waals surface area contributed by atoms with Crippen LogP contribution < -0.4 is 11.1 Å². The lowest BCUT2D eigenvalue weighted by Gasteiger charge is -2.02. The highest BCUT2D eigenvalue weighted by Gasteiger charge is 2.05. The fourth-order valence-corrected chi connectivity index (χ4v) is 1.20. The Bertz CT molecular complexity index is 297. The Labute approximate surface area is 82.6 Å². The molecule has 0 fully saturated rings. The largest absolute Gasteiger partial charge is 0.393 e. The van der Waals surface area contributed by atoms with Gasteiger partial charge in [0.25, 0.3) is 0 Å². The van der Waals surface area contributed by atoms with Crippen LogP contribution in [-0.2, 0) is 14.6 Å². The molecule has 0 heterocycles. The number of nitrogens with two attached hydrogens (primary N) is 1. The topological polar surface area (TPSA) is 89.3 Å². The summed E-state index contributed by atoms with van der Waals surface area (Å²) in [6, 6.07) is 0. The zero-order chi connectivity index (χ0) is 10.5. The summed E-state index contributed by atoms with van der Waals surface area (Å²) in [6.07, 6.45) is 1.06. The van der Waals surface area contributed by atoms with Gasteiger partial charge in [-0.1, -0.05) is 12.2 Å². The minimum absolute atomic E-state index is 0.0426. The zero-order valence-corrected chi connectivity index (χ0v) is 8.87. The van der Waals surface area contributed by atoms with Crippen molar-refractivity contribution in [2.75, 3.05) is 18.6 Å². The maximum atomic E-state index is 10.9. The predicted molar refractivity (Wildman–Crippen MR) is 54.1 cm³/mol. The lowest BCUT2D eigenvalue weighted by molar-refractivity contribution is -0.119. The molecule has 76 valence electrons. The number of hydrogen-bond acceptors (Lipinski definition) is 4. The van der Waals surface area contributed by atoms with E-state index in [1.807, 2.05) is 0 Å². The van der Waals surface area contributed by atoms with E-state index >= 15 is 0 Å². The molecule has 0 aromatic rings. The van der Waals surface area contributed by atoms with Crippen molar-refractivity contribution in [2.45, 2.75) is 6.42 Å². The Kier molecular flexibility index (Phi) is 4.86. The molecular weight excluding hydrogens is 212 g/mol. The van der Waals surface area contributed by atoms with Crippen LogP contribution in [0.1, 0.15) is 6.42 Å². The number of amides is 1. The summed E-state index contributed by atoms with van der Waals surface area (Å²) < 4.78 is 21.3. The molecule has 0 unspecified atom stereocenters. The Morgan fingerprint density at radius 2 is 2.08 bits per heavy atom. The first-order valence-corrected chi connectivity index (χ1v) is 6.01. The SMILES string of the molecule is CS(=O)(=O)CCNC(=O)CC(N)=S. The molecule has 0 atom stereocenters. The molecule has 0 aromatic carbocycles. The van der Waals surface area contributed by atoms with Crippen LogP contribution in [0.15, 0.2) is 0 Å². The summed E-state index contributed by atoms with van der Waals surface area (Å²) in [6.45, 7) is 0.0975.